The van der Waals surface area contributed by atoms with Crippen molar-refractivity contribution in [1.29, 1.82) is 0 Å². The van der Waals surface area contributed by atoms with Gasteiger partial charge in [-0.25, -0.2) is 0 Å². The maximum absolute atomic E-state index is 11.7. The molecule has 6 heteroatoms. The number of amides is 3. The number of nitrogens with one attached hydrogen (secondary N) is 3. The number of benzene rings is 1. The van der Waals surface area contributed by atoms with Gasteiger partial charge < -0.3 is 16.0 Å². The first-order chi connectivity index (χ1) is 9.52. The molecule has 0 saturated carbocycles. The summed E-state index contributed by atoms with van der Waals surface area (Å²) in [6, 6.07) is 7.03. The van der Waals surface area contributed by atoms with Crippen molar-refractivity contribution in [3.8, 4) is 0 Å². The van der Waals surface area contributed by atoms with Crippen LogP contribution < -0.4 is 16.0 Å². The molecule has 1 aromatic rings. The van der Waals surface area contributed by atoms with Crippen LogP contribution in [0.15, 0.2) is 24.3 Å². The number of hydrogen-bond donors (Lipinski definition) is 3. The predicted molar refractivity (Wildman–Crippen MR) is 75.2 cm³/mol. The molecule has 0 bridgehead atoms. The fourth-order valence-electron chi connectivity index (χ4n) is 1.47. The molecule has 0 saturated heterocycles. The third-order valence-electron chi connectivity index (χ3n) is 2.54. The van der Waals surface area contributed by atoms with E-state index in [1.165, 1.54) is 0 Å². The lowest BCUT2D eigenvalue weighted by molar-refractivity contribution is -0.125. The Labute approximate surface area is 117 Å². The molecule has 108 valence electrons. The third-order valence-corrected chi connectivity index (χ3v) is 2.54. The average molecular weight is 277 g/mol. The molecule has 0 aromatic heterocycles. The van der Waals surface area contributed by atoms with Gasteiger partial charge in [-0.2, -0.15) is 0 Å². The van der Waals surface area contributed by atoms with Crippen LogP contribution in [0.3, 0.4) is 0 Å². The molecule has 0 atom stereocenters. The summed E-state index contributed by atoms with van der Waals surface area (Å²) < 4.78 is 0. The first-order valence-corrected chi connectivity index (χ1v) is 6.41. The first kappa shape index (κ1) is 15.7. The minimum absolute atomic E-state index is 0.0902. The van der Waals surface area contributed by atoms with Crippen LogP contribution in [-0.2, 0) is 9.59 Å². The zero-order valence-corrected chi connectivity index (χ0v) is 11.7. The Kier molecular flexibility index (Phi) is 6.22. The van der Waals surface area contributed by atoms with Crippen molar-refractivity contribution in [3.63, 3.8) is 0 Å². The number of carbonyl (C=O) groups is 3. The van der Waals surface area contributed by atoms with Gasteiger partial charge in [-0.15, -0.1) is 0 Å². The summed E-state index contributed by atoms with van der Waals surface area (Å²) in [6.07, 6.45) is 0. The van der Waals surface area contributed by atoms with Gasteiger partial charge in [-0.1, -0.05) is 17.7 Å². The van der Waals surface area contributed by atoms with Crippen LogP contribution >= 0.6 is 0 Å². The Bertz CT molecular complexity index is 483. The molecular weight excluding hydrogens is 258 g/mol. The molecule has 0 aliphatic carbocycles. The predicted octanol–water partition coefficient (Wildman–Crippen LogP) is -0.0229. The van der Waals surface area contributed by atoms with Gasteiger partial charge in [0.25, 0.3) is 5.91 Å². The molecule has 0 aliphatic rings. The molecule has 1 rings (SSSR count). The third kappa shape index (κ3) is 5.51. The van der Waals surface area contributed by atoms with E-state index in [4.69, 9.17) is 0 Å². The molecule has 0 spiro atoms. The van der Waals surface area contributed by atoms with E-state index in [0.717, 1.165) is 5.56 Å². The zero-order valence-electron chi connectivity index (χ0n) is 11.7. The van der Waals surface area contributed by atoms with Crippen LogP contribution in [0.5, 0.6) is 0 Å². The summed E-state index contributed by atoms with van der Waals surface area (Å²) in [5.41, 5.74) is 1.55. The number of likely N-dealkylation sites (N-methyl/N-ethyl adjacent to an activating group) is 1. The molecule has 6 nitrogen and oxygen atoms in total. The van der Waals surface area contributed by atoms with Crippen molar-refractivity contribution in [2.24, 2.45) is 0 Å². The van der Waals surface area contributed by atoms with Crippen molar-refractivity contribution in [3.05, 3.63) is 35.4 Å². The fraction of sp³-hybridized carbons (Fsp3) is 0.357. The van der Waals surface area contributed by atoms with Gasteiger partial charge >= 0.3 is 0 Å². The largest absolute Gasteiger partial charge is 0.355 e. The second-order valence-corrected chi connectivity index (χ2v) is 4.28. The number of rotatable bonds is 6. The van der Waals surface area contributed by atoms with E-state index >= 15 is 0 Å². The van der Waals surface area contributed by atoms with E-state index in [1.54, 1.807) is 19.1 Å². The molecule has 0 fully saturated rings. The van der Waals surface area contributed by atoms with Crippen molar-refractivity contribution in [1.82, 2.24) is 16.0 Å². The lowest BCUT2D eigenvalue weighted by Gasteiger charge is -2.07. The Morgan fingerprint density at radius 1 is 0.900 bits per heavy atom. The lowest BCUT2D eigenvalue weighted by atomic mass is 10.1. The monoisotopic (exact) mass is 277 g/mol. The highest BCUT2D eigenvalue weighted by Crippen LogP contribution is 2.02. The van der Waals surface area contributed by atoms with E-state index in [9.17, 15) is 14.4 Å². The molecule has 0 unspecified atom stereocenters. The molecule has 0 aliphatic heterocycles. The second kappa shape index (κ2) is 7.93. The lowest BCUT2D eigenvalue weighted by Crippen LogP contribution is -2.41. The van der Waals surface area contributed by atoms with Crippen molar-refractivity contribution in [2.75, 3.05) is 19.6 Å². The highest BCUT2D eigenvalue weighted by Gasteiger charge is 2.08. The average Bonchev–Trinajstić information content (AvgIpc) is 2.43. The van der Waals surface area contributed by atoms with Crippen molar-refractivity contribution < 1.29 is 14.4 Å². The second-order valence-electron chi connectivity index (χ2n) is 4.28. The van der Waals surface area contributed by atoms with E-state index < -0.39 is 5.91 Å². The summed E-state index contributed by atoms with van der Waals surface area (Å²) in [7, 11) is 0. The Balaban J connectivity index is 2.32. The van der Waals surface area contributed by atoms with Crippen LogP contribution in [0.25, 0.3) is 0 Å². The highest BCUT2D eigenvalue weighted by molar-refractivity contribution is 5.96. The zero-order chi connectivity index (χ0) is 15.0. The first-order valence-electron chi connectivity index (χ1n) is 6.41. The van der Waals surface area contributed by atoms with E-state index in [-0.39, 0.29) is 24.9 Å². The topological polar surface area (TPSA) is 87.3 Å². The van der Waals surface area contributed by atoms with Gasteiger partial charge in [0.2, 0.25) is 11.8 Å². The molecule has 1 aromatic carbocycles. The minimum atomic E-state index is -0.406. The molecule has 0 heterocycles. The molecule has 3 amide bonds. The maximum atomic E-state index is 11.7. The van der Waals surface area contributed by atoms with Gasteiger partial charge in [0.05, 0.1) is 13.1 Å². The molecule has 3 N–H and O–H groups in total. The Morgan fingerprint density at radius 3 is 2.05 bits per heavy atom. The Morgan fingerprint density at radius 2 is 1.45 bits per heavy atom. The van der Waals surface area contributed by atoms with Gasteiger partial charge in [-0.3, -0.25) is 14.4 Å². The molecule has 20 heavy (non-hydrogen) atoms. The molecular formula is C14H19N3O3. The maximum Gasteiger partial charge on any atom is 0.251 e. The van der Waals surface area contributed by atoms with Crippen molar-refractivity contribution >= 4 is 17.7 Å². The van der Waals surface area contributed by atoms with E-state index in [1.807, 2.05) is 19.1 Å². The van der Waals surface area contributed by atoms with Gasteiger partial charge in [0, 0.05) is 12.1 Å². The smallest absolute Gasteiger partial charge is 0.251 e. The number of aryl methyl sites for hydroxylation is 1. The highest BCUT2D eigenvalue weighted by atomic mass is 16.2. The van der Waals surface area contributed by atoms with Gasteiger partial charge in [0.15, 0.2) is 0 Å². The molecule has 0 radical (unpaired) electrons. The standard InChI is InChI=1S/C14H19N3O3/c1-3-15-12(18)8-16-13(19)9-17-14(20)11-6-4-10(2)5-7-11/h4-7H,3,8-9H2,1-2H3,(H,15,18)(H,16,19)(H,17,20). The summed E-state index contributed by atoms with van der Waals surface area (Å²) >= 11 is 0. The summed E-state index contributed by atoms with van der Waals surface area (Å²) in [5, 5.41) is 7.46. The van der Waals surface area contributed by atoms with Gasteiger partial charge in [-0.05, 0) is 26.0 Å². The van der Waals surface area contributed by atoms with Crippen LogP contribution in [0.1, 0.15) is 22.8 Å². The van der Waals surface area contributed by atoms with Gasteiger partial charge in [0.1, 0.15) is 0 Å². The SMILES string of the molecule is CCNC(=O)CNC(=O)CNC(=O)c1ccc(C)cc1. The summed E-state index contributed by atoms with van der Waals surface area (Å²) in [6.45, 7) is 3.98. The van der Waals surface area contributed by atoms with Crippen molar-refractivity contribution in [2.45, 2.75) is 13.8 Å². The van der Waals surface area contributed by atoms with Crippen LogP contribution in [-0.4, -0.2) is 37.4 Å². The summed E-state index contributed by atoms with van der Waals surface area (Å²) in [4.78, 5) is 34.3. The van der Waals surface area contributed by atoms with Crippen LogP contribution in [0, 0.1) is 6.92 Å². The summed E-state index contributed by atoms with van der Waals surface area (Å²) in [5.74, 6) is -0.986. The normalized spacial score (nSPS) is 9.70. The fourth-order valence-corrected chi connectivity index (χ4v) is 1.47. The van der Waals surface area contributed by atoms with E-state index in [2.05, 4.69) is 16.0 Å². The number of carbonyl (C=O) groups excluding carboxylic acids is 3. The van der Waals surface area contributed by atoms with Crippen LogP contribution in [0.2, 0.25) is 0 Å². The van der Waals surface area contributed by atoms with Crippen LogP contribution in [0.4, 0.5) is 0 Å². The minimum Gasteiger partial charge on any atom is -0.355 e. The Hall–Kier alpha value is -2.37. The van der Waals surface area contributed by atoms with E-state index in [0.29, 0.717) is 12.1 Å². The number of hydrogen-bond acceptors (Lipinski definition) is 3. The quantitative estimate of drug-likeness (QED) is 0.683.